The average Bonchev–Trinajstić information content (AvgIpc) is 3.05. The summed E-state index contributed by atoms with van der Waals surface area (Å²) < 4.78 is 26.3. The van der Waals surface area contributed by atoms with Gasteiger partial charge in [-0.05, 0) is 38.5 Å². The molecule has 0 bridgehead atoms. The van der Waals surface area contributed by atoms with Crippen LogP contribution in [0.15, 0.2) is 12.2 Å². The molecule has 9 heteroatoms. The lowest BCUT2D eigenvalue weighted by atomic mass is 10.0. The average molecular weight is 703 g/mol. The Bertz CT molecular complexity index is 797. The summed E-state index contributed by atoms with van der Waals surface area (Å²) in [6, 6.07) is 0. The summed E-state index contributed by atoms with van der Waals surface area (Å²) in [7, 11) is -4.75. The molecule has 0 heterocycles. The Labute approximate surface area is 295 Å². The summed E-state index contributed by atoms with van der Waals surface area (Å²) in [6.45, 7) is 3.68. The molecule has 0 aliphatic heterocycles. The Hall–Kier alpha value is -1.21. The molecular weight excluding hydrogens is 627 g/mol. The number of allylic oxidation sites excluding steroid dienone is 2. The number of esters is 2. The monoisotopic (exact) mass is 703 g/mol. The normalized spacial score (nSPS) is 12.5. The van der Waals surface area contributed by atoms with E-state index in [0.29, 0.717) is 6.42 Å². The molecule has 0 aromatic rings. The highest BCUT2D eigenvalue weighted by atomic mass is 31.2. The summed E-state index contributed by atoms with van der Waals surface area (Å²) in [5.41, 5.74) is 0. The van der Waals surface area contributed by atoms with Crippen LogP contribution in [-0.4, -0.2) is 41.0 Å². The quantitative estimate of drug-likeness (QED) is 0.0284. The molecule has 0 saturated heterocycles. The standard InChI is InChI=1S/C39H75O8P/c1-3-5-7-9-11-13-15-17-19-21-23-25-27-29-31-33-38(40)45-35-37(36-46-48(42,43)44)47-39(41)34-32-30-28-26-24-22-20-18-16-14-12-10-8-6-4-2/h22,24,37H,3-21,23,25-36H2,1-2H3,(H2,42,43,44)/b24-22+/t37-/m1/s1. The van der Waals surface area contributed by atoms with Crippen molar-refractivity contribution < 1.29 is 37.9 Å². The third-order valence-corrected chi connectivity index (χ3v) is 9.27. The van der Waals surface area contributed by atoms with Gasteiger partial charge in [-0.25, -0.2) is 4.57 Å². The van der Waals surface area contributed by atoms with Crippen LogP contribution in [0.25, 0.3) is 0 Å². The molecule has 2 N–H and O–H groups in total. The van der Waals surface area contributed by atoms with Crippen molar-refractivity contribution in [3.63, 3.8) is 0 Å². The summed E-state index contributed by atoms with van der Waals surface area (Å²) in [4.78, 5) is 42.7. The highest BCUT2D eigenvalue weighted by molar-refractivity contribution is 7.46. The molecule has 8 nitrogen and oxygen atoms in total. The van der Waals surface area contributed by atoms with Crippen LogP contribution in [0.5, 0.6) is 0 Å². The van der Waals surface area contributed by atoms with Gasteiger partial charge in [-0.3, -0.25) is 14.1 Å². The van der Waals surface area contributed by atoms with E-state index in [1.807, 2.05) is 0 Å². The fourth-order valence-corrected chi connectivity index (χ4v) is 6.14. The van der Waals surface area contributed by atoms with Crippen molar-refractivity contribution in [2.75, 3.05) is 13.2 Å². The first kappa shape index (κ1) is 46.8. The van der Waals surface area contributed by atoms with E-state index in [-0.39, 0.29) is 19.4 Å². The van der Waals surface area contributed by atoms with Crippen LogP contribution in [0.1, 0.15) is 206 Å². The minimum atomic E-state index is -4.75. The van der Waals surface area contributed by atoms with Crippen molar-refractivity contribution in [3.8, 4) is 0 Å². The first-order valence-electron chi connectivity index (χ1n) is 20.0. The van der Waals surface area contributed by atoms with Gasteiger partial charge in [0.05, 0.1) is 6.61 Å². The molecule has 48 heavy (non-hydrogen) atoms. The van der Waals surface area contributed by atoms with Gasteiger partial charge in [0.1, 0.15) is 6.61 Å². The van der Waals surface area contributed by atoms with E-state index in [0.717, 1.165) is 44.9 Å². The molecule has 0 radical (unpaired) electrons. The lowest BCUT2D eigenvalue weighted by molar-refractivity contribution is -0.161. The van der Waals surface area contributed by atoms with E-state index in [1.54, 1.807) is 0 Å². The van der Waals surface area contributed by atoms with Crippen LogP contribution in [-0.2, 0) is 28.2 Å². The molecule has 0 fully saturated rings. The molecule has 0 unspecified atom stereocenters. The maximum Gasteiger partial charge on any atom is 0.469 e. The second kappa shape index (κ2) is 35.6. The van der Waals surface area contributed by atoms with Gasteiger partial charge in [0, 0.05) is 12.8 Å². The summed E-state index contributed by atoms with van der Waals surface area (Å²) in [5.74, 6) is -0.893. The third kappa shape index (κ3) is 37.6. The highest BCUT2D eigenvalue weighted by Gasteiger charge is 2.22. The summed E-state index contributed by atoms with van der Waals surface area (Å²) in [5, 5.41) is 0. The Morgan fingerprint density at radius 1 is 0.521 bits per heavy atom. The second-order valence-electron chi connectivity index (χ2n) is 13.6. The smallest absolute Gasteiger partial charge is 0.462 e. The van der Waals surface area contributed by atoms with Gasteiger partial charge in [-0.15, -0.1) is 0 Å². The van der Waals surface area contributed by atoms with E-state index < -0.39 is 32.5 Å². The Morgan fingerprint density at radius 2 is 0.875 bits per heavy atom. The van der Waals surface area contributed by atoms with Crippen LogP contribution < -0.4 is 0 Å². The predicted octanol–water partition coefficient (Wildman–Crippen LogP) is 11.8. The van der Waals surface area contributed by atoms with Crippen molar-refractivity contribution in [1.82, 2.24) is 0 Å². The SMILES string of the molecule is CCCCCCCCCC/C=C/CCCCCC(=O)O[C@H](COC(=O)CCCCCCCCCCCCCCCCC)COP(=O)(O)O. The topological polar surface area (TPSA) is 119 Å². The van der Waals surface area contributed by atoms with Gasteiger partial charge in [-0.2, -0.15) is 0 Å². The maximum absolute atomic E-state index is 12.4. The largest absolute Gasteiger partial charge is 0.469 e. The Balaban J connectivity index is 3.93. The maximum atomic E-state index is 12.4. The zero-order chi connectivity index (χ0) is 35.4. The molecular formula is C39H75O8P. The van der Waals surface area contributed by atoms with Gasteiger partial charge in [0.25, 0.3) is 0 Å². The Morgan fingerprint density at radius 3 is 1.29 bits per heavy atom. The zero-order valence-corrected chi connectivity index (χ0v) is 32.0. The van der Waals surface area contributed by atoms with Crippen molar-refractivity contribution >= 4 is 19.8 Å². The van der Waals surface area contributed by atoms with E-state index in [1.165, 1.54) is 128 Å². The number of hydrogen-bond donors (Lipinski definition) is 2. The van der Waals surface area contributed by atoms with Crippen molar-refractivity contribution in [2.45, 2.75) is 213 Å². The number of unbranched alkanes of at least 4 members (excludes halogenated alkanes) is 25. The first-order valence-corrected chi connectivity index (χ1v) is 21.5. The van der Waals surface area contributed by atoms with Crippen LogP contribution in [0.3, 0.4) is 0 Å². The number of carbonyl (C=O) groups is 2. The van der Waals surface area contributed by atoms with Gasteiger partial charge < -0.3 is 19.3 Å². The van der Waals surface area contributed by atoms with E-state index in [9.17, 15) is 14.2 Å². The summed E-state index contributed by atoms with van der Waals surface area (Å²) in [6.07, 6.45) is 37.9. The number of phosphoric ester groups is 1. The summed E-state index contributed by atoms with van der Waals surface area (Å²) >= 11 is 0. The molecule has 0 aliphatic carbocycles. The van der Waals surface area contributed by atoms with Crippen molar-refractivity contribution in [2.24, 2.45) is 0 Å². The highest BCUT2D eigenvalue weighted by Crippen LogP contribution is 2.36. The van der Waals surface area contributed by atoms with Gasteiger partial charge in [0.15, 0.2) is 6.10 Å². The minimum Gasteiger partial charge on any atom is -0.462 e. The van der Waals surface area contributed by atoms with E-state index in [2.05, 4.69) is 30.5 Å². The molecule has 0 aromatic carbocycles. The predicted molar refractivity (Wildman–Crippen MR) is 198 cm³/mol. The second-order valence-corrected chi connectivity index (χ2v) is 14.9. The van der Waals surface area contributed by atoms with E-state index in [4.69, 9.17) is 19.3 Å². The Kier molecular flexibility index (Phi) is 34.7. The first-order chi connectivity index (χ1) is 23.3. The van der Waals surface area contributed by atoms with Gasteiger partial charge in [-0.1, -0.05) is 167 Å². The van der Waals surface area contributed by atoms with Crippen molar-refractivity contribution in [3.05, 3.63) is 12.2 Å². The van der Waals surface area contributed by atoms with Gasteiger partial charge in [0.2, 0.25) is 0 Å². The number of ether oxygens (including phenoxy) is 2. The van der Waals surface area contributed by atoms with Crippen LogP contribution in [0.2, 0.25) is 0 Å². The zero-order valence-electron chi connectivity index (χ0n) is 31.2. The van der Waals surface area contributed by atoms with E-state index >= 15 is 0 Å². The number of rotatable bonds is 37. The number of hydrogen-bond acceptors (Lipinski definition) is 6. The molecule has 284 valence electrons. The fraction of sp³-hybridized carbons (Fsp3) is 0.897. The molecule has 0 aromatic heterocycles. The fourth-order valence-electron chi connectivity index (χ4n) is 5.78. The molecule has 0 aliphatic rings. The molecule has 0 saturated carbocycles. The lowest BCUT2D eigenvalue weighted by Gasteiger charge is -2.18. The van der Waals surface area contributed by atoms with Gasteiger partial charge >= 0.3 is 19.8 Å². The lowest BCUT2D eigenvalue weighted by Crippen LogP contribution is -2.29. The van der Waals surface area contributed by atoms with Crippen LogP contribution in [0, 0.1) is 0 Å². The number of phosphoric acid groups is 1. The van der Waals surface area contributed by atoms with Crippen LogP contribution >= 0.6 is 7.82 Å². The molecule has 1 atom stereocenters. The molecule has 0 amide bonds. The minimum absolute atomic E-state index is 0.196. The van der Waals surface area contributed by atoms with Crippen molar-refractivity contribution in [1.29, 1.82) is 0 Å². The molecule has 0 spiro atoms. The van der Waals surface area contributed by atoms with Crippen LogP contribution in [0.4, 0.5) is 0 Å². The molecule has 0 rings (SSSR count). The number of carbonyl (C=O) groups excluding carboxylic acids is 2. The third-order valence-electron chi connectivity index (χ3n) is 8.78.